The van der Waals surface area contributed by atoms with Gasteiger partial charge in [0.15, 0.2) is 0 Å². The molecule has 0 amide bonds. The molecule has 25 heavy (non-hydrogen) atoms. The van der Waals surface area contributed by atoms with E-state index < -0.39 is 0 Å². The summed E-state index contributed by atoms with van der Waals surface area (Å²) in [6.07, 6.45) is -0.0878. The Kier molecular flexibility index (Phi) is 8.19. The molecule has 1 atom stereocenters. The topological polar surface area (TPSA) is 39.7 Å². The smallest absolute Gasteiger partial charge is 0.142 e. The Morgan fingerprint density at radius 1 is 1.04 bits per heavy atom. The summed E-state index contributed by atoms with van der Waals surface area (Å²) in [4.78, 5) is 0. The third kappa shape index (κ3) is 6.65. The van der Waals surface area contributed by atoms with Gasteiger partial charge in [0.2, 0.25) is 0 Å². The predicted octanol–water partition coefficient (Wildman–Crippen LogP) is 5.29. The zero-order valence-electron chi connectivity index (χ0n) is 14.4. The van der Waals surface area contributed by atoms with E-state index in [1.807, 2.05) is 38.1 Å². The van der Waals surface area contributed by atoms with E-state index in [-0.39, 0.29) is 6.10 Å². The van der Waals surface area contributed by atoms with Crippen molar-refractivity contribution < 1.29 is 14.2 Å². The van der Waals surface area contributed by atoms with E-state index in [4.69, 9.17) is 37.4 Å². The van der Waals surface area contributed by atoms with E-state index >= 15 is 0 Å². The van der Waals surface area contributed by atoms with Crippen molar-refractivity contribution in [1.29, 1.82) is 0 Å². The molecular formula is C19H23Cl2NO3. The molecular weight excluding hydrogens is 361 g/mol. The van der Waals surface area contributed by atoms with Crippen LogP contribution in [0.2, 0.25) is 10.0 Å². The van der Waals surface area contributed by atoms with Crippen LogP contribution in [0.15, 0.2) is 42.5 Å². The van der Waals surface area contributed by atoms with Crippen molar-refractivity contribution in [3.05, 3.63) is 52.5 Å². The molecule has 6 heteroatoms. The Morgan fingerprint density at radius 2 is 1.84 bits per heavy atom. The van der Waals surface area contributed by atoms with Gasteiger partial charge in [0.1, 0.15) is 24.2 Å². The third-order valence-corrected chi connectivity index (χ3v) is 3.91. The molecule has 0 aromatic heterocycles. The quantitative estimate of drug-likeness (QED) is 0.565. The Balaban J connectivity index is 1.87. The minimum atomic E-state index is -0.0878. The minimum Gasteiger partial charge on any atom is -0.489 e. The standard InChI is InChI=1S/C19H23Cl2NO3/c1-3-23-10-11-24-19-7-5-4-6-17(19)22-13-14(2)25-18-9-8-15(20)12-16(18)21/h4-9,12,14,22H,3,10-11,13H2,1-2H3. The van der Waals surface area contributed by atoms with Crippen molar-refractivity contribution >= 4 is 28.9 Å². The first-order valence-corrected chi connectivity index (χ1v) is 9.01. The summed E-state index contributed by atoms with van der Waals surface area (Å²) in [7, 11) is 0. The molecule has 4 nitrogen and oxygen atoms in total. The summed E-state index contributed by atoms with van der Waals surface area (Å²) in [5.41, 5.74) is 0.914. The van der Waals surface area contributed by atoms with Crippen LogP contribution in [-0.2, 0) is 4.74 Å². The van der Waals surface area contributed by atoms with Crippen molar-refractivity contribution in [2.75, 3.05) is 31.7 Å². The van der Waals surface area contributed by atoms with Crippen LogP contribution in [0.5, 0.6) is 11.5 Å². The highest BCUT2D eigenvalue weighted by Crippen LogP contribution is 2.29. The molecule has 0 fully saturated rings. The van der Waals surface area contributed by atoms with Crippen LogP contribution in [-0.4, -0.2) is 32.5 Å². The fourth-order valence-electron chi connectivity index (χ4n) is 2.18. The van der Waals surface area contributed by atoms with E-state index in [9.17, 15) is 0 Å². The Morgan fingerprint density at radius 3 is 2.60 bits per heavy atom. The summed E-state index contributed by atoms with van der Waals surface area (Å²) in [6.45, 7) is 6.30. The molecule has 0 aliphatic heterocycles. The first kappa shape index (κ1) is 19.7. The number of benzene rings is 2. The molecule has 0 heterocycles. The van der Waals surface area contributed by atoms with E-state index in [1.54, 1.807) is 18.2 Å². The number of halogens is 2. The molecule has 0 aliphatic rings. The van der Waals surface area contributed by atoms with Gasteiger partial charge in [-0.1, -0.05) is 35.3 Å². The van der Waals surface area contributed by atoms with Gasteiger partial charge in [0.05, 0.1) is 23.9 Å². The summed E-state index contributed by atoms with van der Waals surface area (Å²) in [5.74, 6) is 1.40. The van der Waals surface area contributed by atoms with Crippen molar-refractivity contribution in [2.45, 2.75) is 20.0 Å². The van der Waals surface area contributed by atoms with Gasteiger partial charge in [0.25, 0.3) is 0 Å². The summed E-state index contributed by atoms with van der Waals surface area (Å²) >= 11 is 12.0. The fraction of sp³-hybridized carbons (Fsp3) is 0.368. The molecule has 136 valence electrons. The van der Waals surface area contributed by atoms with Crippen LogP contribution in [0.4, 0.5) is 5.69 Å². The molecule has 2 rings (SSSR count). The number of ether oxygens (including phenoxy) is 3. The van der Waals surface area contributed by atoms with Crippen LogP contribution in [0.1, 0.15) is 13.8 Å². The average Bonchev–Trinajstić information content (AvgIpc) is 2.60. The lowest BCUT2D eigenvalue weighted by Gasteiger charge is -2.18. The largest absolute Gasteiger partial charge is 0.489 e. The Bertz CT molecular complexity index is 667. The highest BCUT2D eigenvalue weighted by atomic mass is 35.5. The van der Waals surface area contributed by atoms with Gasteiger partial charge in [-0.05, 0) is 44.2 Å². The monoisotopic (exact) mass is 383 g/mol. The second-order valence-corrected chi connectivity index (χ2v) is 6.27. The maximum atomic E-state index is 6.14. The molecule has 2 aromatic carbocycles. The lowest BCUT2D eigenvalue weighted by molar-refractivity contribution is 0.110. The molecule has 0 saturated carbocycles. The zero-order chi connectivity index (χ0) is 18.1. The minimum absolute atomic E-state index is 0.0878. The first-order valence-electron chi connectivity index (χ1n) is 8.25. The summed E-state index contributed by atoms with van der Waals surface area (Å²) in [6, 6.07) is 13.0. The van der Waals surface area contributed by atoms with Gasteiger partial charge in [0, 0.05) is 11.6 Å². The Labute approximate surface area is 159 Å². The van der Waals surface area contributed by atoms with Crippen molar-refractivity contribution in [2.24, 2.45) is 0 Å². The molecule has 0 bridgehead atoms. The van der Waals surface area contributed by atoms with Gasteiger partial charge < -0.3 is 19.5 Å². The van der Waals surface area contributed by atoms with E-state index in [0.717, 1.165) is 11.4 Å². The second kappa shape index (κ2) is 10.4. The first-order chi connectivity index (χ1) is 12.1. The number of hydrogen-bond donors (Lipinski definition) is 1. The van der Waals surface area contributed by atoms with Crippen molar-refractivity contribution in [3.8, 4) is 11.5 Å². The highest BCUT2D eigenvalue weighted by Gasteiger charge is 2.09. The van der Waals surface area contributed by atoms with Crippen LogP contribution in [0, 0.1) is 0 Å². The van der Waals surface area contributed by atoms with Gasteiger partial charge in [-0.15, -0.1) is 0 Å². The van der Waals surface area contributed by atoms with Crippen LogP contribution in [0.3, 0.4) is 0 Å². The van der Waals surface area contributed by atoms with Crippen LogP contribution >= 0.6 is 23.2 Å². The van der Waals surface area contributed by atoms with Gasteiger partial charge in [-0.25, -0.2) is 0 Å². The highest BCUT2D eigenvalue weighted by molar-refractivity contribution is 6.35. The number of anilines is 1. The predicted molar refractivity (Wildman–Crippen MR) is 103 cm³/mol. The fourth-order valence-corrected chi connectivity index (χ4v) is 2.63. The van der Waals surface area contributed by atoms with Crippen LogP contribution < -0.4 is 14.8 Å². The molecule has 0 saturated heterocycles. The molecule has 1 N–H and O–H groups in total. The maximum Gasteiger partial charge on any atom is 0.142 e. The van der Waals surface area contributed by atoms with Crippen molar-refractivity contribution in [1.82, 2.24) is 0 Å². The van der Waals surface area contributed by atoms with E-state index in [0.29, 0.717) is 42.2 Å². The maximum absolute atomic E-state index is 6.14. The van der Waals surface area contributed by atoms with Crippen molar-refractivity contribution in [3.63, 3.8) is 0 Å². The lowest BCUT2D eigenvalue weighted by Crippen LogP contribution is -2.23. The summed E-state index contributed by atoms with van der Waals surface area (Å²) in [5, 5.41) is 4.43. The zero-order valence-corrected chi connectivity index (χ0v) is 15.9. The SMILES string of the molecule is CCOCCOc1ccccc1NCC(C)Oc1ccc(Cl)cc1Cl. The number of hydrogen-bond acceptors (Lipinski definition) is 4. The molecule has 0 spiro atoms. The molecule has 1 unspecified atom stereocenters. The molecule has 0 radical (unpaired) electrons. The second-order valence-electron chi connectivity index (χ2n) is 5.43. The third-order valence-electron chi connectivity index (χ3n) is 3.38. The number of nitrogens with one attached hydrogen (secondary N) is 1. The normalized spacial score (nSPS) is 11.8. The van der Waals surface area contributed by atoms with Gasteiger partial charge >= 0.3 is 0 Å². The van der Waals surface area contributed by atoms with E-state index in [1.165, 1.54) is 0 Å². The Hall–Kier alpha value is -1.62. The lowest BCUT2D eigenvalue weighted by atomic mass is 10.2. The molecule has 2 aromatic rings. The van der Waals surface area contributed by atoms with E-state index in [2.05, 4.69) is 5.32 Å². The number of para-hydroxylation sites is 2. The van der Waals surface area contributed by atoms with Gasteiger partial charge in [-0.3, -0.25) is 0 Å². The summed E-state index contributed by atoms with van der Waals surface area (Å²) < 4.78 is 16.9. The van der Waals surface area contributed by atoms with Crippen LogP contribution in [0.25, 0.3) is 0 Å². The van der Waals surface area contributed by atoms with Gasteiger partial charge in [-0.2, -0.15) is 0 Å². The number of rotatable bonds is 10. The molecule has 0 aliphatic carbocycles. The average molecular weight is 384 g/mol.